The van der Waals surface area contributed by atoms with Gasteiger partial charge in [0.25, 0.3) is 0 Å². The Morgan fingerprint density at radius 1 is 1.43 bits per heavy atom. The number of aliphatic hydroxyl groups is 1. The van der Waals surface area contributed by atoms with E-state index in [-0.39, 0.29) is 0 Å². The molecule has 1 N–H and O–H groups in total. The average molecular weight is 266 g/mol. The Balaban J connectivity index is 3.16. The lowest BCUT2D eigenvalue weighted by Crippen LogP contribution is -2.40. The molecule has 0 unspecified atom stereocenters. The van der Waals surface area contributed by atoms with Gasteiger partial charge in [-0.15, -0.1) is 0 Å². The lowest BCUT2D eigenvalue weighted by atomic mass is 9.97. The molecule has 1 aromatic heterocycles. The van der Waals surface area contributed by atoms with Crippen LogP contribution in [0.5, 0.6) is 0 Å². The lowest BCUT2D eigenvalue weighted by Gasteiger charge is -2.28. The minimum Gasteiger partial charge on any atom is -0.384 e. The number of nitrogens with zero attached hydrogens (tertiary/aromatic N) is 1. The van der Waals surface area contributed by atoms with Crippen molar-refractivity contribution in [2.24, 2.45) is 0 Å². The molecule has 1 rings (SSSR count). The van der Waals surface area contributed by atoms with E-state index in [2.05, 4.69) is 20.9 Å². The molecular formula is C9H10BrF2NO. The van der Waals surface area contributed by atoms with E-state index in [1.807, 2.05) is 0 Å². The molecule has 0 aliphatic rings. The number of aromatic nitrogens is 1. The second-order valence-electron chi connectivity index (χ2n) is 3.49. The Morgan fingerprint density at radius 2 is 2.00 bits per heavy atom. The molecule has 0 aliphatic carbocycles. The lowest BCUT2D eigenvalue weighted by molar-refractivity contribution is -0.171. The van der Waals surface area contributed by atoms with Crippen molar-refractivity contribution in [2.45, 2.75) is 25.4 Å². The molecule has 14 heavy (non-hydrogen) atoms. The predicted molar refractivity (Wildman–Crippen MR) is 52.1 cm³/mol. The summed E-state index contributed by atoms with van der Waals surface area (Å²) in [4.78, 5) is 3.54. The normalized spacial score (nSPS) is 13.0. The van der Waals surface area contributed by atoms with Crippen molar-refractivity contribution in [3.63, 3.8) is 0 Å². The SMILES string of the molecule is CC(C)(O)C(F)(F)c1cc(Br)ccn1. The Kier molecular flexibility index (Phi) is 2.92. The van der Waals surface area contributed by atoms with Gasteiger partial charge in [-0.1, -0.05) is 15.9 Å². The summed E-state index contributed by atoms with van der Waals surface area (Å²) in [5.41, 5.74) is -2.57. The fraction of sp³-hybridized carbons (Fsp3) is 0.444. The minimum absolute atomic E-state index is 0.445. The van der Waals surface area contributed by atoms with Crippen molar-refractivity contribution in [1.29, 1.82) is 0 Å². The first kappa shape index (κ1) is 11.5. The number of hydrogen-bond donors (Lipinski definition) is 1. The van der Waals surface area contributed by atoms with Crippen LogP contribution in [0, 0.1) is 0 Å². The van der Waals surface area contributed by atoms with Gasteiger partial charge in [0.15, 0.2) is 0 Å². The molecule has 0 aromatic carbocycles. The van der Waals surface area contributed by atoms with Crippen LogP contribution in [0.2, 0.25) is 0 Å². The Bertz CT molecular complexity index is 336. The van der Waals surface area contributed by atoms with Crippen LogP contribution in [0.4, 0.5) is 8.78 Å². The molecule has 2 nitrogen and oxygen atoms in total. The van der Waals surface area contributed by atoms with Crippen LogP contribution in [-0.4, -0.2) is 15.7 Å². The van der Waals surface area contributed by atoms with Gasteiger partial charge in [-0.2, -0.15) is 8.78 Å². The molecule has 0 amide bonds. The van der Waals surface area contributed by atoms with E-state index in [1.165, 1.54) is 12.3 Å². The maximum atomic E-state index is 13.5. The van der Waals surface area contributed by atoms with Gasteiger partial charge in [-0.3, -0.25) is 4.98 Å². The van der Waals surface area contributed by atoms with E-state index >= 15 is 0 Å². The van der Waals surface area contributed by atoms with Crippen molar-refractivity contribution in [2.75, 3.05) is 0 Å². The number of halogens is 3. The number of pyridine rings is 1. The van der Waals surface area contributed by atoms with Gasteiger partial charge in [-0.05, 0) is 26.0 Å². The van der Waals surface area contributed by atoms with Gasteiger partial charge in [0.05, 0.1) is 0 Å². The van der Waals surface area contributed by atoms with Crippen LogP contribution in [0.1, 0.15) is 19.5 Å². The summed E-state index contributed by atoms with van der Waals surface area (Å²) in [6.07, 6.45) is 1.26. The molecule has 0 aliphatic heterocycles. The highest BCUT2D eigenvalue weighted by Crippen LogP contribution is 2.37. The monoisotopic (exact) mass is 265 g/mol. The second-order valence-corrected chi connectivity index (χ2v) is 4.41. The topological polar surface area (TPSA) is 33.1 Å². The maximum Gasteiger partial charge on any atom is 0.317 e. The molecule has 0 saturated heterocycles. The zero-order valence-electron chi connectivity index (χ0n) is 7.76. The summed E-state index contributed by atoms with van der Waals surface area (Å²) in [5.74, 6) is -3.36. The van der Waals surface area contributed by atoms with Crippen molar-refractivity contribution in [3.05, 3.63) is 28.5 Å². The van der Waals surface area contributed by atoms with Crippen LogP contribution in [0.3, 0.4) is 0 Å². The molecule has 1 aromatic rings. The molecule has 78 valence electrons. The highest BCUT2D eigenvalue weighted by atomic mass is 79.9. The fourth-order valence-corrected chi connectivity index (χ4v) is 1.22. The standard InChI is InChI=1S/C9H10BrF2NO/c1-8(2,14)9(11,12)7-5-6(10)3-4-13-7/h3-5,14H,1-2H3. The first-order chi connectivity index (χ1) is 6.25. The number of hydrogen-bond acceptors (Lipinski definition) is 2. The molecule has 0 fully saturated rings. The minimum atomic E-state index is -3.36. The van der Waals surface area contributed by atoms with Crippen LogP contribution < -0.4 is 0 Å². The molecule has 0 spiro atoms. The van der Waals surface area contributed by atoms with Crippen molar-refractivity contribution in [1.82, 2.24) is 4.98 Å². The zero-order chi connectivity index (χ0) is 11.0. The highest BCUT2D eigenvalue weighted by Gasteiger charge is 2.48. The van der Waals surface area contributed by atoms with Crippen molar-refractivity contribution in [3.8, 4) is 0 Å². The largest absolute Gasteiger partial charge is 0.384 e. The Labute approximate surface area is 89.1 Å². The molecule has 0 radical (unpaired) electrons. The Morgan fingerprint density at radius 3 is 2.43 bits per heavy atom. The molecule has 1 heterocycles. The van der Waals surface area contributed by atoms with Gasteiger partial charge in [-0.25, -0.2) is 0 Å². The third-order valence-electron chi connectivity index (χ3n) is 1.81. The van der Waals surface area contributed by atoms with E-state index in [0.29, 0.717) is 4.47 Å². The Hall–Kier alpha value is -0.550. The van der Waals surface area contributed by atoms with Gasteiger partial charge in [0.1, 0.15) is 11.3 Å². The summed E-state index contributed by atoms with van der Waals surface area (Å²) in [5, 5.41) is 9.28. The average Bonchev–Trinajstić information content (AvgIpc) is 2.02. The summed E-state index contributed by atoms with van der Waals surface area (Å²) >= 11 is 3.07. The van der Waals surface area contributed by atoms with Crippen LogP contribution >= 0.6 is 15.9 Å². The van der Waals surface area contributed by atoms with Crippen molar-refractivity contribution < 1.29 is 13.9 Å². The summed E-state index contributed by atoms with van der Waals surface area (Å²) < 4.78 is 27.5. The third-order valence-corrected chi connectivity index (χ3v) is 2.31. The first-order valence-corrected chi connectivity index (χ1v) is 4.76. The van der Waals surface area contributed by atoms with Crippen LogP contribution in [0.25, 0.3) is 0 Å². The van der Waals surface area contributed by atoms with Gasteiger partial charge in [0.2, 0.25) is 0 Å². The first-order valence-electron chi connectivity index (χ1n) is 3.97. The summed E-state index contributed by atoms with van der Waals surface area (Å²) in [7, 11) is 0. The van der Waals surface area contributed by atoms with Crippen LogP contribution in [0.15, 0.2) is 22.8 Å². The van der Waals surface area contributed by atoms with Crippen LogP contribution in [-0.2, 0) is 5.92 Å². The zero-order valence-corrected chi connectivity index (χ0v) is 9.35. The van der Waals surface area contributed by atoms with E-state index in [4.69, 9.17) is 0 Å². The second kappa shape index (κ2) is 3.55. The van der Waals surface area contributed by atoms with E-state index in [9.17, 15) is 13.9 Å². The van der Waals surface area contributed by atoms with Gasteiger partial charge >= 0.3 is 5.92 Å². The number of alkyl halides is 2. The van der Waals surface area contributed by atoms with E-state index in [1.54, 1.807) is 6.07 Å². The molecule has 0 atom stereocenters. The molecule has 5 heteroatoms. The number of rotatable bonds is 2. The van der Waals surface area contributed by atoms with Crippen molar-refractivity contribution >= 4 is 15.9 Å². The van der Waals surface area contributed by atoms with Gasteiger partial charge < -0.3 is 5.11 Å². The van der Waals surface area contributed by atoms with E-state index < -0.39 is 17.2 Å². The van der Waals surface area contributed by atoms with Gasteiger partial charge in [0, 0.05) is 10.7 Å². The smallest absolute Gasteiger partial charge is 0.317 e. The quantitative estimate of drug-likeness (QED) is 0.892. The highest BCUT2D eigenvalue weighted by molar-refractivity contribution is 9.10. The summed E-state index contributed by atoms with van der Waals surface area (Å²) in [6, 6.07) is 2.74. The molecule has 0 bridgehead atoms. The third kappa shape index (κ3) is 2.09. The molecule has 0 saturated carbocycles. The molecular weight excluding hydrogens is 256 g/mol. The fourth-order valence-electron chi connectivity index (χ4n) is 0.890. The predicted octanol–water partition coefficient (Wildman–Crippen LogP) is 2.71. The van der Waals surface area contributed by atoms with E-state index in [0.717, 1.165) is 13.8 Å². The maximum absolute atomic E-state index is 13.5. The summed E-state index contributed by atoms with van der Waals surface area (Å²) in [6.45, 7) is 2.10.